The molecule has 5 heteroatoms. The minimum atomic E-state index is -0.908. The van der Waals surface area contributed by atoms with Crippen LogP contribution in [0, 0.1) is 11.6 Å². The number of nitrogens with zero attached hydrogens (tertiary/aromatic N) is 1. The molecule has 0 aliphatic carbocycles. The average Bonchev–Trinajstić information content (AvgIpc) is 2.42. The van der Waals surface area contributed by atoms with Crippen molar-refractivity contribution in [1.29, 1.82) is 0 Å². The van der Waals surface area contributed by atoms with Gasteiger partial charge >= 0.3 is 0 Å². The summed E-state index contributed by atoms with van der Waals surface area (Å²) in [6.45, 7) is 0. The molecule has 0 atom stereocenters. The lowest BCUT2D eigenvalue weighted by Gasteiger charge is -2.18. The number of para-hydroxylation sites is 1. The second-order valence-corrected chi connectivity index (χ2v) is 4.06. The van der Waals surface area contributed by atoms with E-state index in [0.717, 1.165) is 12.1 Å². The summed E-state index contributed by atoms with van der Waals surface area (Å²) in [4.78, 5) is 13.4. The van der Waals surface area contributed by atoms with Crippen molar-refractivity contribution in [2.75, 3.05) is 17.7 Å². The standard InChI is InChI=1S/C14H12F2N2O/c1-18(10-5-3-2-4-6-10)14(19)11-7-9(15)8-12(17)13(11)16/h2-8H,17H2,1H3. The first kappa shape index (κ1) is 13.0. The van der Waals surface area contributed by atoms with Crippen LogP contribution in [0.1, 0.15) is 10.4 Å². The minimum absolute atomic E-state index is 0.384. The van der Waals surface area contributed by atoms with Crippen molar-refractivity contribution < 1.29 is 13.6 Å². The van der Waals surface area contributed by atoms with E-state index in [1.807, 2.05) is 0 Å². The number of carbonyl (C=O) groups is 1. The highest BCUT2D eigenvalue weighted by atomic mass is 19.1. The Morgan fingerprint density at radius 1 is 1.16 bits per heavy atom. The van der Waals surface area contributed by atoms with Crippen LogP contribution >= 0.6 is 0 Å². The third-order valence-corrected chi connectivity index (χ3v) is 2.74. The number of anilines is 2. The molecule has 2 N–H and O–H groups in total. The summed E-state index contributed by atoms with van der Waals surface area (Å²) in [5.41, 5.74) is 5.12. The second-order valence-electron chi connectivity index (χ2n) is 4.06. The number of nitrogen functional groups attached to an aromatic ring is 1. The zero-order chi connectivity index (χ0) is 14.0. The average molecular weight is 262 g/mol. The van der Waals surface area contributed by atoms with E-state index in [1.165, 1.54) is 11.9 Å². The summed E-state index contributed by atoms with van der Waals surface area (Å²) < 4.78 is 27.0. The highest BCUT2D eigenvalue weighted by Gasteiger charge is 2.20. The van der Waals surface area contributed by atoms with Crippen molar-refractivity contribution in [3.05, 3.63) is 59.7 Å². The largest absolute Gasteiger partial charge is 0.396 e. The summed E-state index contributed by atoms with van der Waals surface area (Å²) in [6.07, 6.45) is 0. The van der Waals surface area contributed by atoms with E-state index in [2.05, 4.69) is 0 Å². The second kappa shape index (κ2) is 5.06. The SMILES string of the molecule is CN(C(=O)c1cc(F)cc(N)c1F)c1ccccc1. The number of nitrogens with two attached hydrogens (primary N) is 1. The first-order valence-corrected chi connectivity index (χ1v) is 5.58. The van der Waals surface area contributed by atoms with Crippen LogP contribution in [-0.4, -0.2) is 13.0 Å². The van der Waals surface area contributed by atoms with Gasteiger partial charge in [-0.3, -0.25) is 4.79 Å². The molecule has 2 aromatic rings. The Morgan fingerprint density at radius 3 is 2.42 bits per heavy atom. The van der Waals surface area contributed by atoms with E-state index in [1.54, 1.807) is 30.3 Å². The Labute approximate surface area is 109 Å². The summed E-state index contributed by atoms with van der Waals surface area (Å²) in [6, 6.07) is 10.4. The molecule has 3 nitrogen and oxygen atoms in total. The third-order valence-electron chi connectivity index (χ3n) is 2.74. The quantitative estimate of drug-likeness (QED) is 0.846. The molecule has 0 saturated heterocycles. The molecular weight excluding hydrogens is 250 g/mol. The maximum absolute atomic E-state index is 13.8. The molecule has 98 valence electrons. The van der Waals surface area contributed by atoms with Crippen LogP contribution in [0.15, 0.2) is 42.5 Å². The Bertz CT molecular complexity index is 614. The summed E-state index contributed by atoms with van der Waals surface area (Å²) in [5, 5.41) is 0. The van der Waals surface area contributed by atoms with Crippen LogP contribution in [0.5, 0.6) is 0 Å². The monoisotopic (exact) mass is 262 g/mol. The number of benzene rings is 2. The highest BCUT2D eigenvalue weighted by Crippen LogP contribution is 2.21. The number of halogens is 2. The van der Waals surface area contributed by atoms with E-state index < -0.39 is 17.5 Å². The summed E-state index contributed by atoms with van der Waals surface area (Å²) >= 11 is 0. The van der Waals surface area contributed by atoms with Gasteiger partial charge in [-0.05, 0) is 24.3 Å². The van der Waals surface area contributed by atoms with Crippen LogP contribution in [0.2, 0.25) is 0 Å². The molecule has 0 aliphatic rings. The maximum atomic E-state index is 13.8. The molecule has 0 fully saturated rings. The van der Waals surface area contributed by atoms with Gasteiger partial charge in [0.15, 0.2) is 5.82 Å². The first-order chi connectivity index (χ1) is 9.00. The number of amides is 1. The summed E-state index contributed by atoms with van der Waals surface area (Å²) in [7, 11) is 1.48. The topological polar surface area (TPSA) is 46.3 Å². The molecule has 0 aromatic heterocycles. The molecule has 0 radical (unpaired) electrons. The van der Waals surface area contributed by atoms with E-state index in [0.29, 0.717) is 5.69 Å². The van der Waals surface area contributed by atoms with E-state index in [-0.39, 0.29) is 11.3 Å². The predicted molar refractivity (Wildman–Crippen MR) is 69.9 cm³/mol. The fourth-order valence-corrected chi connectivity index (χ4v) is 1.72. The molecule has 1 amide bonds. The van der Waals surface area contributed by atoms with Crippen molar-refractivity contribution in [3.8, 4) is 0 Å². The van der Waals surface area contributed by atoms with Gasteiger partial charge in [-0.15, -0.1) is 0 Å². The van der Waals surface area contributed by atoms with Crippen LogP contribution < -0.4 is 10.6 Å². The smallest absolute Gasteiger partial charge is 0.261 e. The zero-order valence-corrected chi connectivity index (χ0v) is 10.2. The van der Waals surface area contributed by atoms with Gasteiger partial charge in [0.25, 0.3) is 5.91 Å². The van der Waals surface area contributed by atoms with E-state index in [4.69, 9.17) is 5.73 Å². The van der Waals surface area contributed by atoms with Gasteiger partial charge in [-0.25, -0.2) is 8.78 Å². The lowest BCUT2D eigenvalue weighted by atomic mass is 10.1. The predicted octanol–water partition coefficient (Wildman–Crippen LogP) is 2.82. The lowest BCUT2D eigenvalue weighted by molar-refractivity contribution is 0.0989. The molecule has 0 bridgehead atoms. The zero-order valence-electron chi connectivity index (χ0n) is 10.2. The van der Waals surface area contributed by atoms with Gasteiger partial charge in [0.05, 0.1) is 11.3 Å². The fourth-order valence-electron chi connectivity index (χ4n) is 1.72. The van der Waals surface area contributed by atoms with Gasteiger partial charge in [-0.2, -0.15) is 0 Å². The Balaban J connectivity index is 2.40. The maximum Gasteiger partial charge on any atom is 0.261 e. The van der Waals surface area contributed by atoms with E-state index >= 15 is 0 Å². The van der Waals surface area contributed by atoms with Gasteiger partial charge in [0, 0.05) is 12.7 Å². The van der Waals surface area contributed by atoms with Crippen molar-refractivity contribution >= 4 is 17.3 Å². The lowest BCUT2D eigenvalue weighted by Crippen LogP contribution is -2.27. The molecule has 19 heavy (non-hydrogen) atoms. The highest BCUT2D eigenvalue weighted by molar-refractivity contribution is 6.06. The molecule has 0 saturated carbocycles. The third kappa shape index (κ3) is 2.54. The van der Waals surface area contributed by atoms with Gasteiger partial charge in [-0.1, -0.05) is 18.2 Å². The van der Waals surface area contributed by atoms with Crippen LogP contribution in [0.3, 0.4) is 0 Å². The number of hydrogen-bond acceptors (Lipinski definition) is 2. The summed E-state index contributed by atoms with van der Waals surface area (Å²) in [5.74, 6) is -2.31. The number of rotatable bonds is 2. The van der Waals surface area contributed by atoms with Crippen LogP contribution in [0.4, 0.5) is 20.2 Å². The van der Waals surface area contributed by atoms with Crippen molar-refractivity contribution in [2.45, 2.75) is 0 Å². The van der Waals surface area contributed by atoms with Gasteiger partial charge in [0.1, 0.15) is 5.82 Å². The molecule has 2 rings (SSSR count). The van der Waals surface area contributed by atoms with Crippen LogP contribution in [0.25, 0.3) is 0 Å². The Kier molecular flexibility index (Phi) is 3.46. The van der Waals surface area contributed by atoms with Crippen LogP contribution in [-0.2, 0) is 0 Å². The van der Waals surface area contributed by atoms with Crippen molar-refractivity contribution in [2.24, 2.45) is 0 Å². The minimum Gasteiger partial charge on any atom is -0.396 e. The number of carbonyl (C=O) groups excluding carboxylic acids is 1. The Morgan fingerprint density at radius 2 is 1.79 bits per heavy atom. The Hall–Kier alpha value is -2.43. The molecule has 0 heterocycles. The van der Waals surface area contributed by atoms with Crippen molar-refractivity contribution in [3.63, 3.8) is 0 Å². The van der Waals surface area contributed by atoms with Gasteiger partial charge in [0.2, 0.25) is 0 Å². The molecule has 0 unspecified atom stereocenters. The molecule has 0 spiro atoms. The molecular formula is C14H12F2N2O. The first-order valence-electron chi connectivity index (χ1n) is 5.58. The van der Waals surface area contributed by atoms with E-state index in [9.17, 15) is 13.6 Å². The molecule has 0 aliphatic heterocycles. The van der Waals surface area contributed by atoms with Gasteiger partial charge < -0.3 is 10.6 Å². The fraction of sp³-hybridized carbons (Fsp3) is 0.0714. The number of hydrogen-bond donors (Lipinski definition) is 1. The van der Waals surface area contributed by atoms with Crippen molar-refractivity contribution in [1.82, 2.24) is 0 Å². The normalized spacial score (nSPS) is 10.3. The molecule has 2 aromatic carbocycles.